The first-order valence-electron chi connectivity index (χ1n) is 10.8. The van der Waals surface area contributed by atoms with Gasteiger partial charge in [-0.1, -0.05) is 54.6 Å². The van der Waals surface area contributed by atoms with Crippen molar-refractivity contribution in [3.05, 3.63) is 71.3 Å². The Bertz CT molecular complexity index is 856. The van der Waals surface area contributed by atoms with Crippen molar-refractivity contribution in [2.75, 3.05) is 13.1 Å². The first kappa shape index (κ1) is 25.0. The van der Waals surface area contributed by atoms with Crippen LogP contribution in [0.4, 0.5) is 0 Å². The molecule has 0 aliphatic carbocycles. The Labute approximate surface area is 188 Å². The standard InChI is InChI=1S/C24H32N4O4/c25-17-21(26)24(31)27-15-14-23(30)32-28-22(29)16-20-12-10-19(11-13-20)9-5-4-8-18-6-2-1-3-7-18/h1-3,6-7,10-13,21H,4-5,8-9,14-17,25-26H2,(H,27,31)(H,28,29)/t21-/m0/s1. The summed E-state index contributed by atoms with van der Waals surface area (Å²) in [6.07, 6.45) is 4.30. The lowest BCUT2D eigenvalue weighted by Crippen LogP contribution is -2.45. The summed E-state index contributed by atoms with van der Waals surface area (Å²) < 4.78 is 0. The second kappa shape index (κ2) is 14.0. The molecule has 0 heterocycles. The van der Waals surface area contributed by atoms with Crippen LogP contribution in [0, 0.1) is 0 Å². The van der Waals surface area contributed by atoms with E-state index >= 15 is 0 Å². The fraction of sp³-hybridized carbons (Fsp3) is 0.375. The van der Waals surface area contributed by atoms with Crippen LogP contribution < -0.4 is 22.3 Å². The Morgan fingerprint density at radius 2 is 1.47 bits per heavy atom. The number of nitrogens with two attached hydrogens (primary N) is 2. The van der Waals surface area contributed by atoms with E-state index in [1.807, 2.05) is 30.3 Å². The molecule has 2 aromatic carbocycles. The van der Waals surface area contributed by atoms with Gasteiger partial charge in [-0.25, -0.2) is 4.79 Å². The number of hydroxylamine groups is 1. The van der Waals surface area contributed by atoms with Crippen molar-refractivity contribution in [1.82, 2.24) is 10.8 Å². The van der Waals surface area contributed by atoms with E-state index in [0.29, 0.717) is 0 Å². The Balaban J connectivity index is 1.60. The van der Waals surface area contributed by atoms with E-state index in [9.17, 15) is 14.4 Å². The smallest absolute Gasteiger partial charge is 0.334 e. The molecule has 0 unspecified atom stereocenters. The molecule has 2 aromatic rings. The monoisotopic (exact) mass is 440 g/mol. The summed E-state index contributed by atoms with van der Waals surface area (Å²) in [5.74, 6) is -1.53. The molecule has 0 radical (unpaired) electrons. The van der Waals surface area contributed by atoms with E-state index in [1.54, 1.807) is 0 Å². The van der Waals surface area contributed by atoms with E-state index in [2.05, 4.69) is 35.1 Å². The molecule has 32 heavy (non-hydrogen) atoms. The van der Waals surface area contributed by atoms with Gasteiger partial charge in [-0.15, -0.1) is 0 Å². The van der Waals surface area contributed by atoms with Gasteiger partial charge in [0.2, 0.25) is 5.91 Å². The van der Waals surface area contributed by atoms with Crippen molar-refractivity contribution >= 4 is 17.8 Å². The summed E-state index contributed by atoms with van der Waals surface area (Å²) in [6.45, 7) is 0.0651. The quantitative estimate of drug-likeness (QED) is 0.289. The highest BCUT2D eigenvalue weighted by atomic mass is 16.7. The molecule has 0 aromatic heterocycles. The molecule has 172 valence electrons. The van der Waals surface area contributed by atoms with Crippen LogP contribution in [0.1, 0.15) is 36.0 Å². The molecule has 0 aliphatic heterocycles. The van der Waals surface area contributed by atoms with Crippen molar-refractivity contribution in [1.29, 1.82) is 0 Å². The van der Waals surface area contributed by atoms with Gasteiger partial charge in [0.05, 0.1) is 18.9 Å². The normalized spacial score (nSPS) is 11.4. The maximum atomic E-state index is 12.0. The summed E-state index contributed by atoms with van der Waals surface area (Å²) >= 11 is 0. The number of nitrogens with one attached hydrogen (secondary N) is 2. The molecule has 0 bridgehead atoms. The summed E-state index contributed by atoms with van der Waals surface area (Å²) in [7, 11) is 0. The second-order valence-electron chi connectivity index (χ2n) is 7.57. The minimum Gasteiger partial charge on any atom is -0.354 e. The summed E-state index contributed by atoms with van der Waals surface area (Å²) in [5.41, 5.74) is 16.3. The van der Waals surface area contributed by atoms with Crippen LogP contribution in [-0.4, -0.2) is 36.9 Å². The number of aryl methyl sites for hydroxylation is 2. The molecule has 2 rings (SSSR count). The molecule has 0 aliphatic rings. The lowest BCUT2D eigenvalue weighted by Gasteiger charge is -2.10. The largest absolute Gasteiger partial charge is 0.354 e. The Kier molecular flexibility index (Phi) is 10.9. The number of amides is 2. The lowest BCUT2D eigenvalue weighted by molar-refractivity contribution is -0.158. The molecule has 8 nitrogen and oxygen atoms in total. The number of benzene rings is 2. The van der Waals surface area contributed by atoms with Gasteiger partial charge >= 0.3 is 5.97 Å². The fourth-order valence-corrected chi connectivity index (χ4v) is 3.04. The van der Waals surface area contributed by atoms with Crippen LogP contribution in [0.5, 0.6) is 0 Å². The van der Waals surface area contributed by atoms with Gasteiger partial charge in [0.1, 0.15) is 0 Å². The number of hydrogen-bond acceptors (Lipinski definition) is 6. The molecule has 8 heteroatoms. The third-order valence-corrected chi connectivity index (χ3v) is 4.91. The first-order valence-corrected chi connectivity index (χ1v) is 10.8. The van der Waals surface area contributed by atoms with E-state index in [-0.39, 0.29) is 25.9 Å². The molecule has 0 spiro atoms. The number of unbranched alkanes of at least 4 members (excludes halogenated alkanes) is 1. The zero-order valence-corrected chi connectivity index (χ0v) is 18.2. The molecule has 0 saturated heterocycles. The summed E-state index contributed by atoms with van der Waals surface area (Å²) in [4.78, 5) is 39.8. The van der Waals surface area contributed by atoms with Gasteiger partial charge in [0.25, 0.3) is 5.91 Å². The molecule has 1 atom stereocenters. The average molecular weight is 441 g/mol. The van der Waals surface area contributed by atoms with Crippen LogP contribution in [0.2, 0.25) is 0 Å². The Morgan fingerprint density at radius 1 is 0.875 bits per heavy atom. The third kappa shape index (κ3) is 9.72. The number of hydrogen-bond donors (Lipinski definition) is 4. The van der Waals surface area contributed by atoms with Gasteiger partial charge in [-0.2, -0.15) is 5.48 Å². The number of carbonyl (C=O) groups is 3. The van der Waals surface area contributed by atoms with Gasteiger partial charge in [0, 0.05) is 13.1 Å². The first-order chi connectivity index (χ1) is 15.5. The van der Waals surface area contributed by atoms with E-state index in [4.69, 9.17) is 16.3 Å². The molecule has 2 amide bonds. The van der Waals surface area contributed by atoms with Crippen LogP contribution >= 0.6 is 0 Å². The molecular formula is C24H32N4O4. The van der Waals surface area contributed by atoms with Crippen molar-refractivity contribution in [3.8, 4) is 0 Å². The predicted molar refractivity (Wildman–Crippen MR) is 122 cm³/mol. The topological polar surface area (TPSA) is 137 Å². The second-order valence-corrected chi connectivity index (χ2v) is 7.57. The SMILES string of the molecule is NC[C@H](N)C(=O)NCCC(=O)ONC(=O)Cc1ccc(CCCCc2ccccc2)cc1. The highest BCUT2D eigenvalue weighted by Gasteiger charge is 2.12. The summed E-state index contributed by atoms with van der Waals surface area (Å²) in [6, 6.07) is 17.5. The summed E-state index contributed by atoms with van der Waals surface area (Å²) in [5, 5.41) is 2.47. The fourth-order valence-electron chi connectivity index (χ4n) is 3.04. The van der Waals surface area contributed by atoms with Crippen molar-refractivity contribution < 1.29 is 19.2 Å². The van der Waals surface area contributed by atoms with E-state index in [1.165, 1.54) is 11.1 Å². The van der Waals surface area contributed by atoms with Gasteiger partial charge in [-0.3, -0.25) is 9.59 Å². The maximum Gasteiger partial charge on any atom is 0.334 e. The predicted octanol–water partition coefficient (Wildman–Crippen LogP) is 1.16. The zero-order valence-electron chi connectivity index (χ0n) is 18.2. The highest BCUT2D eigenvalue weighted by molar-refractivity contribution is 5.82. The van der Waals surface area contributed by atoms with E-state index in [0.717, 1.165) is 31.2 Å². The van der Waals surface area contributed by atoms with Crippen LogP contribution in [0.15, 0.2) is 54.6 Å². The Morgan fingerprint density at radius 3 is 2.09 bits per heavy atom. The zero-order chi connectivity index (χ0) is 23.2. The van der Waals surface area contributed by atoms with Crippen LogP contribution in [0.3, 0.4) is 0 Å². The van der Waals surface area contributed by atoms with Crippen molar-refractivity contribution in [2.24, 2.45) is 11.5 Å². The van der Waals surface area contributed by atoms with Crippen LogP contribution in [0.25, 0.3) is 0 Å². The van der Waals surface area contributed by atoms with Crippen LogP contribution in [-0.2, 0) is 38.5 Å². The Hall–Kier alpha value is -3.23. The number of rotatable bonds is 12. The lowest BCUT2D eigenvalue weighted by atomic mass is 10.0. The van der Waals surface area contributed by atoms with Gasteiger partial charge in [0.15, 0.2) is 0 Å². The molecule has 0 saturated carbocycles. The molecule has 6 N–H and O–H groups in total. The van der Waals surface area contributed by atoms with Gasteiger partial charge in [-0.05, 0) is 42.4 Å². The minimum atomic E-state index is -0.814. The molecule has 0 fully saturated rings. The van der Waals surface area contributed by atoms with Crippen molar-refractivity contribution in [2.45, 2.75) is 44.6 Å². The van der Waals surface area contributed by atoms with Crippen molar-refractivity contribution in [3.63, 3.8) is 0 Å². The highest BCUT2D eigenvalue weighted by Crippen LogP contribution is 2.11. The van der Waals surface area contributed by atoms with E-state index < -0.39 is 23.8 Å². The number of carbonyl (C=O) groups excluding carboxylic acids is 3. The van der Waals surface area contributed by atoms with Gasteiger partial charge < -0.3 is 21.6 Å². The third-order valence-electron chi connectivity index (χ3n) is 4.91. The maximum absolute atomic E-state index is 12.0. The minimum absolute atomic E-state index is 0.0155. The average Bonchev–Trinajstić information content (AvgIpc) is 2.81. The molecular weight excluding hydrogens is 408 g/mol.